The summed E-state index contributed by atoms with van der Waals surface area (Å²) in [5.41, 5.74) is 1.12. The van der Waals surface area contributed by atoms with Crippen LogP contribution < -0.4 is 5.32 Å². The molecule has 0 aliphatic heterocycles. The molecule has 2 aromatic rings. The van der Waals surface area contributed by atoms with Gasteiger partial charge >= 0.3 is 6.03 Å². The van der Waals surface area contributed by atoms with E-state index in [-0.39, 0.29) is 18.7 Å². The SMILES string of the molecule is CC(NC(=O)N(CCO)C1CC1)c1cccc2ccccc12. The Labute approximate surface area is 130 Å². The number of benzene rings is 2. The molecule has 0 aromatic heterocycles. The lowest BCUT2D eigenvalue weighted by Gasteiger charge is -2.25. The topological polar surface area (TPSA) is 52.6 Å². The van der Waals surface area contributed by atoms with Gasteiger partial charge in [-0.15, -0.1) is 0 Å². The van der Waals surface area contributed by atoms with Crippen molar-refractivity contribution in [2.75, 3.05) is 13.2 Å². The quantitative estimate of drug-likeness (QED) is 0.891. The summed E-state index contributed by atoms with van der Waals surface area (Å²) in [5.74, 6) is 0. The van der Waals surface area contributed by atoms with Crippen LogP contribution in [0.25, 0.3) is 10.8 Å². The van der Waals surface area contributed by atoms with Crippen LogP contribution in [0.5, 0.6) is 0 Å². The molecule has 0 saturated heterocycles. The lowest BCUT2D eigenvalue weighted by Crippen LogP contribution is -2.43. The molecule has 1 aliphatic rings. The van der Waals surface area contributed by atoms with E-state index < -0.39 is 0 Å². The molecule has 1 atom stereocenters. The van der Waals surface area contributed by atoms with E-state index in [1.807, 2.05) is 25.1 Å². The van der Waals surface area contributed by atoms with Gasteiger partial charge in [0.1, 0.15) is 0 Å². The molecule has 3 rings (SSSR count). The van der Waals surface area contributed by atoms with E-state index in [1.165, 1.54) is 5.39 Å². The van der Waals surface area contributed by atoms with Gasteiger partial charge in [0, 0.05) is 12.6 Å². The van der Waals surface area contributed by atoms with Crippen molar-refractivity contribution in [1.82, 2.24) is 10.2 Å². The molecular formula is C18H22N2O2. The second kappa shape index (κ2) is 6.36. The molecule has 1 saturated carbocycles. The van der Waals surface area contributed by atoms with Crippen molar-refractivity contribution in [2.45, 2.75) is 31.8 Å². The van der Waals surface area contributed by atoms with Crippen molar-refractivity contribution in [3.63, 3.8) is 0 Å². The Morgan fingerprint density at radius 2 is 2.00 bits per heavy atom. The van der Waals surface area contributed by atoms with E-state index in [4.69, 9.17) is 5.11 Å². The molecule has 22 heavy (non-hydrogen) atoms. The van der Waals surface area contributed by atoms with E-state index in [0.717, 1.165) is 23.8 Å². The average molecular weight is 298 g/mol. The fourth-order valence-electron chi connectivity index (χ4n) is 2.92. The zero-order chi connectivity index (χ0) is 15.5. The summed E-state index contributed by atoms with van der Waals surface area (Å²) in [4.78, 5) is 14.2. The number of nitrogens with zero attached hydrogens (tertiary/aromatic N) is 1. The molecule has 0 heterocycles. The Morgan fingerprint density at radius 1 is 1.27 bits per heavy atom. The van der Waals surface area contributed by atoms with Crippen LogP contribution in [-0.4, -0.2) is 35.2 Å². The number of rotatable bonds is 5. The fraction of sp³-hybridized carbons (Fsp3) is 0.389. The molecule has 1 aliphatic carbocycles. The largest absolute Gasteiger partial charge is 0.395 e. The number of nitrogens with one attached hydrogen (secondary N) is 1. The van der Waals surface area contributed by atoms with E-state index in [0.29, 0.717) is 12.6 Å². The minimum absolute atomic E-state index is 0.00652. The predicted octanol–water partition coefficient (Wildman–Crippen LogP) is 3.07. The van der Waals surface area contributed by atoms with Crippen LogP contribution in [0.2, 0.25) is 0 Å². The summed E-state index contributed by atoms with van der Waals surface area (Å²) >= 11 is 0. The van der Waals surface area contributed by atoms with Crippen molar-refractivity contribution < 1.29 is 9.90 Å². The van der Waals surface area contributed by atoms with Gasteiger partial charge in [0.05, 0.1) is 12.6 Å². The Bertz CT molecular complexity index is 662. The van der Waals surface area contributed by atoms with Gasteiger partial charge in [-0.3, -0.25) is 0 Å². The highest BCUT2D eigenvalue weighted by molar-refractivity contribution is 5.86. The number of carbonyl (C=O) groups excluding carboxylic acids is 1. The number of hydrogen-bond donors (Lipinski definition) is 2. The van der Waals surface area contributed by atoms with Crippen molar-refractivity contribution in [1.29, 1.82) is 0 Å². The third-order valence-electron chi connectivity index (χ3n) is 4.22. The summed E-state index contributed by atoms with van der Waals surface area (Å²) in [6, 6.07) is 14.5. The van der Waals surface area contributed by atoms with E-state index in [2.05, 4.69) is 29.6 Å². The van der Waals surface area contributed by atoms with Gasteiger partial charge in [0.25, 0.3) is 0 Å². The maximum atomic E-state index is 12.4. The van der Waals surface area contributed by atoms with Crippen LogP contribution in [-0.2, 0) is 0 Å². The van der Waals surface area contributed by atoms with Gasteiger partial charge in [-0.05, 0) is 36.1 Å². The molecule has 1 unspecified atom stereocenters. The molecule has 0 bridgehead atoms. The normalized spacial score (nSPS) is 15.5. The van der Waals surface area contributed by atoms with Crippen LogP contribution in [0.15, 0.2) is 42.5 Å². The van der Waals surface area contributed by atoms with Gasteiger partial charge in [-0.25, -0.2) is 4.79 Å². The van der Waals surface area contributed by atoms with Crippen molar-refractivity contribution in [2.24, 2.45) is 0 Å². The number of aliphatic hydroxyl groups is 1. The molecule has 116 valence electrons. The number of carbonyl (C=O) groups is 1. The number of urea groups is 1. The summed E-state index contributed by atoms with van der Waals surface area (Å²) in [6.45, 7) is 2.41. The lowest BCUT2D eigenvalue weighted by molar-refractivity contribution is 0.171. The zero-order valence-electron chi connectivity index (χ0n) is 12.8. The van der Waals surface area contributed by atoms with Gasteiger partial charge in [0.2, 0.25) is 0 Å². The van der Waals surface area contributed by atoms with Gasteiger partial charge in [-0.1, -0.05) is 42.5 Å². The number of aliphatic hydroxyl groups excluding tert-OH is 1. The van der Waals surface area contributed by atoms with Crippen molar-refractivity contribution in [3.05, 3.63) is 48.0 Å². The Morgan fingerprint density at radius 3 is 2.73 bits per heavy atom. The first-order chi connectivity index (χ1) is 10.7. The van der Waals surface area contributed by atoms with Crippen molar-refractivity contribution >= 4 is 16.8 Å². The maximum Gasteiger partial charge on any atom is 0.318 e. The van der Waals surface area contributed by atoms with E-state index >= 15 is 0 Å². The second-order valence-electron chi connectivity index (χ2n) is 5.89. The molecule has 1 fully saturated rings. The van der Waals surface area contributed by atoms with Crippen LogP contribution in [0.1, 0.15) is 31.4 Å². The summed E-state index contributed by atoms with van der Waals surface area (Å²) in [6.07, 6.45) is 2.08. The molecule has 0 spiro atoms. The van der Waals surface area contributed by atoms with E-state index in [9.17, 15) is 4.79 Å². The van der Waals surface area contributed by atoms with Gasteiger partial charge in [0.15, 0.2) is 0 Å². The zero-order valence-corrected chi connectivity index (χ0v) is 12.8. The first-order valence-corrected chi connectivity index (χ1v) is 7.86. The summed E-state index contributed by atoms with van der Waals surface area (Å²) < 4.78 is 0. The van der Waals surface area contributed by atoms with Crippen molar-refractivity contribution in [3.8, 4) is 0 Å². The Kier molecular flexibility index (Phi) is 4.29. The minimum atomic E-state index is -0.0861. The van der Waals surface area contributed by atoms with Crippen LogP contribution in [0.3, 0.4) is 0 Å². The highest BCUT2D eigenvalue weighted by atomic mass is 16.3. The average Bonchev–Trinajstić information content (AvgIpc) is 3.36. The third kappa shape index (κ3) is 3.07. The predicted molar refractivity (Wildman–Crippen MR) is 87.7 cm³/mol. The molecule has 2 aromatic carbocycles. The van der Waals surface area contributed by atoms with Gasteiger partial charge < -0.3 is 15.3 Å². The first-order valence-electron chi connectivity index (χ1n) is 7.86. The highest BCUT2D eigenvalue weighted by Crippen LogP contribution is 2.28. The summed E-state index contributed by atoms with van der Waals surface area (Å²) in [7, 11) is 0. The van der Waals surface area contributed by atoms with Crippen LogP contribution in [0, 0.1) is 0 Å². The highest BCUT2D eigenvalue weighted by Gasteiger charge is 2.32. The first kappa shape index (κ1) is 14.9. The standard InChI is InChI=1S/C18H22N2O2/c1-13(19-18(22)20(11-12-21)15-9-10-15)16-8-4-6-14-5-2-3-7-17(14)16/h2-8,13,15,21H,9-12H2,1H3,(H,19,22). The molecule has 4 nitrogen and oxygen atoms in total. The Hall–Kier alpha value is -2.07. The second-order valence-corrected chi connectivity index (χ2v) is 5.89. The van der Waals surface area contributed by atoms with E-state index in [1.54, 1.807) is 4.90 Å². The monoisotopic (exact) mass is 298 g/mol. The molecule has 2 N–H and O–H groups in total. The minimum Gasteiger partial charge on any atom is -0.395 e. The molecule has 0 radical (unpaired) electrons. The molecular weight excluding hydrogens is 276 g/mol. The third-order valence-corrected chi connectivity index (χ3v) is 4.22. The van der Waals surface area contributed by atoms with Crippen LogP contribution in [0.4, 0.5) is 4.79 Å². The lowest BCUT2D eigenvalue weighted by atomic mass is 10.00. The smallest absolute Gasteiger partial charge is 0.318 e. The fourth-order valence-corrected chi connectivity index (χ4v) is 2.92. The molecule has 4 heteroatoms. The van der Waals surface area contributed by atoms with Crippen LogP contribution >= 0.6 is 0 Å². The molecule has 2 amide bonds. The van der Waals surface area contributed by atoms with Gasteiger partial charge in [-0.2, -0.15) is 0 Å². The number of fused-ring (bicyclic) bond motifs is 1. The Balaban J connectivity index is 1.78. The number of amides is 2. The maximum absolute atomic E-state index is 12.4. The summed E-state index contributed by atoms with van der Waals surface area (Å²) in [5, 5.41) is 14.5. The number of hydrogen-bond acceptors (Lipinski definition) is 2.